The molecule has 0 saturated carbocycles. The van der Waals surface area contributed by atoms with Crippen LogP contribution in [0.3, 0.4) is 0 Å². The van der Waals surface area contributed by atoms with Gasteiger partial charge in [0.15, 0.2) is 23.3 Å². The summed E-state index contributed by atoms with van der Waals surface area (Å²) in [6, 6.07) is 32.2. The molecule has 0 spiro atoms. The Kier molecular flexibility index (Phi) is 5.49. The maximum absolute atomic E-state index is 5.02. The molecule has 0 unspecified atom stereocenters. The summed E-state index contributed by atoms with van der Waals surface area (Å²) in [6.45, 7) is 0. The summed E-state index contributed by atoms with van der Waals surface area (Å²) >= 11 is 0. The van der Waals surface area contributed by atoms with Crippen molar-refractivity contribution in [2.24, 2.45) is 0 Å². The van der Waals surface area contributed by atoms with E-state index in [-0.39, 0.29) is 37.3 Å². The van der Waals surface area contributed by atoms with Gasteiger partial charge in [-0.05, 0) is 0 Å². The van der Waals surface area contributed by atoms with E-state index >= 15 is 0 Å². The van der Waals surface area contributed by atoms with Gasteiger partial charge in [0.1, 0.15) is 22.6 Å². The van der Waals surface area contributed by atoms with Gasteiger partial charge in [-0.1, -0.05) is 97.1 Å². The molecule has 4 aromatic carbocycles. The number of hydrogen-bond acceptors (Lipinski definition) is 6. The maximum Gasteiger partial charge on any atom is 3.00 e. The summed E-state index contributed by atoms with van der Waals surface area (Å²) in [6.07, 6.45) is 0. The van der Waals surface area contributed by atoms with E-state index in [9.17, 15) is 0 Å². The van der Waals surface area contributed by atoms with Crippen molar-refractivity contribution in [2.45, 2.75) is 0 Å². The zero-order valence-electron chi connectivity index (χ0n) is 21.2. The fraction of sp³-hybridized carbons (Fsp3) is 0. The second-order valence-electron chi connectivity index (χ2n) is 9.79. The topological polar surface area (TPSA) is 109 Å². The van der Waals surface area contributed by atoms with Gasteiger partial charge in [-0.25, -0.2) is 29.9 Å². The summed E-state index contributed by atoms with van der Waals surface area (Å²) in [5, 5.41) is 3.82. The minimum absolute atomic E-state index is 0. The van der Waals surface area contributed by atoms with Crippen LogP contribution in [0.2, 0.25) is 0 Å². The summed E-state index contributed by atoms with van der Waals surface area (Å²) in [4.78, 5) is 36.8. The third-order valence-corrected chi connectivity index (χ3v) is 7.46. The molecular formula is C32H18ErN8+3. The first-order valence-corrected chi connectivity index (χ1v) is 13.0. The molecule has 9 rings (SSSR count). The number of hydrogen-bond donors (Lipinski definition) is 2. The first kappa shape index (κ1) is 24.3. The molecule has 8 nitrogen and oxygen atoms in total. The summed E-state index contributed by atoms with van der Waals surface area (Å²) in [5.74, 6) is 2.39. The molecule has 2 aliphatic heterocycles. The molecule has 0 fully saturated rings. The molecule has 9 heteroatoms. The van der Waals surface area contributed by atoms with Gasteiger partial charge in [0, 0.05) is 43.8 Å². The van der Waals surface area contributed by atoms with E-state index in [0.29, 0.717) is 45.9 Å². The van der Waals surface area contributed by atoms with Gasteiger partial charge in [-0.2, -0.15) is 0 Å². The SMILES string of the molecule is [Er+3].c1ccc2c(c1)-c1nc-2nc2[nH]c(nc3nc(nc4[nH]c(n1)c1ccccc41)-c1ccccc1-3)c1ccccc21. The van der Waals surface area contributed by atoms with E-state index in [1.807, 2.05) is 97.1 Å². The van der Waals surface area contributed by atoms with Crippen molar-refractivity contribution in [3.8, 4) is 45.6 Å². The standard InChI is InChI=1S/C32H18N8.Er/c1-2-10-18-17(9-1)25-33-26(18)38-28-21-13-5-6-14-22(21)30(35-28)40-32-24-16-8-7-15-23(24)31(36-32)39-29-20-12-4-3-11-19(20)27(34-29)37-25;/h1-16H,(H2,33,34,35,36,37,38,39,40);/q;+3. The predicted octanol–water partition coefficient (Wildman–Crippen LogP) is 6.87. The molecule has 0 saturated heterocycles. The Morgan fingerprint density at radius 1 is 0.317 bits per heavy atom. The maximum atomic E-state index is 5.02. The Bertz CT molecular complexity index is 2030. The molecule has 2 N–H and O–H groups in total. The molecular weight excluding hydrogens is 664 g/mol. The fourth-order valence-electron chi connectivity index (χ4n) is 5.59. The Balaban J connectivity index is 0.00000256. The van der Waals surface area contributed by atoms with E-state index in [1.54, 1.807) is 0 Å². The van der Waals surface area contributed by atoms with Gasteiger partial charge in [-0.3, -0.25) is 0 Å². The van der Waals surface area contributed by atoms with Gasteiger partial charge in [0.2, 0.25) is 0 Å². The minimum Gasteiger partial charge on any atom is -0.324 e. The van der Waals surface area contributed by atoms with Crippen molar-refractivity contribution >= 4 is 44.1 Å². The van der Waals surface area contributed by atoms with Crippen LogP contribution in [0.15, 0.2) is 97.1 Å². The molecule has 8 bridgehead atoms. The van der Waals surface area contributed by atoms with Crippen LogP contribution in [0.1, 0.15) is 0 Å². The quantitative estimate of drug-likeness (QED) is 0.181. The van der Waals surface area contributed by atoms with E-state index in [4.69, 9.17) is 29.9 Å². The van der Waals surface area contributed by atoms with Gasteiger partial charge in [0.05, 0.1) is 0 Å². The number of nitrogens with one attached hydrogen (secondary N) is 2. The van der Waals surface area contributed by atoms with Crippen molar-refractivity contribution in [1.29, 1.82) is 0 Å². The zero-order valence-corrected chi connectivity index (χ0v) is 23.1. The first-order valence-electron chi connectivity index (χ1n) is 13.0. The van der Waals surface area contributed by atoms with Crippen LogP contribution in [-0.2, 0) is 0 Å². The number of fused-ring (bicyclic) bond motifs is 20. The normalized spacial score (nSPS) is 11.7. The Morgan fingerprint density at radius 2 is 0.561 bits per heavy atom. The summed E-state index contributed by atoms with van der Waals surface area (Å²) < 4.78 is 0. The summed E-state index contributed by atoms with van der Waals surface area (Å²) in [7, 11) is 0. The van der Waals surface area contributed by atoms with Crippen LogP contribution in [-0.4, -0.2) is 39.9 Å². The molecule has 41 heavy (non-hydrogen) atoms. The smallest absolute Gasteiger partial charge is 0.324 e. The molecule has 3 aromatic heterocycles. The Labute approximate surface area is 262 Å². The number of rotatable bonds is 0. The molecule has 7 aromatic rings. The zero-order chi connectivity index (χ0) is 26.2. The third-order valence-electron chi connectivity index (χ3n) is 7.46. The van der Waals surface area contributed by atoms with Crippen LogP contribution < -0.4 is 0 Å². The number of aromatic nitrogens is 8. The van der Waals surface area contributed by atoms with Crippen LogP contribution >= 0.6 is 0 Å². The van der Waals surface area contributed by atoms with Crippen molar-refractivity contribution in [1.82, 2.24) is 39.9 Å². The average molecular weight is 682 g/mol. The molecule has 195 valence electrons. The van der Waals surface area contributed by atoms with Gasteiger partial charge < -0.3 is 9.97 Å². The molecule has 2 aliphatic rings. The third kappa shape index (κ3) is 3.72. The van der Waals surface area contributed by atoms with Gasteiger partial charge in [-0.15, -0.1) is 0 Å². The van der Waals surface area contributed by atoms with E-state index in [2.05, 4.69) is 9.97 Å². The minimum atomic E-state index is 0. The van der Waals surface area contributed by atoms with Gasteiger partial charge in [0.25, 0.3) is 0 Å². The number of aromatic amines is 2. The number of benzene rings is 4. The number of nitrogens with zero attached hydrogens (tertiary/aromatic N) is 6. The van der Waals surface area contributed by atoms with Crippen molar-refractivity contribution in [3.05, 3.63) is 97.1 Å². The molecule has 1 radical (unpaired) electrons. The van der Waals surface area contributed by atoms with Crippen molar-refractivity contribution in [3.63, 3.8) is 0 Å². The van der Waals surface area contributed by atoms with Crippen LogP contribution in [0.5, 0.6) is 0 Å². The average Bonchev–Trinajstić information content (AvgIpc) is 3.73. The molecule has 0 aliphatic carbocycles. The Hall–Kier alpha value is -4.51. The van der Waals surface area contributed by atoms with Crippen molar-refractivity contribution in [2.75, 3.05) is 0 Å². The van der Waals surface area contributed by atoms with E-state index in [0.717, 1.165) is 43.8 Å². The summed E-state index contributed by atoms with van der Waals surface area (Å²) in [5.41, 5.74) is 6.45. The first-order chi connectivity index (χ1) is 19.8. The number of H-pyrrole nitrogens is 2. The Morgan fingerprint density at radius 3 is 0.829 bits per heavy atom. The van der Waals surface area contributed by atoms with E-state index in [1.165, 1.54) is 0 Å². The molecule has 5 heterocycles. The van der Waals surface area contributed by atoms with Crippen LogP contribution in [0.4, 0.5) is 0 Å². The second kappa shape index (κ2) is 9.27. The van der Waals surface area contributed by atoms with Crippen LogP contribution in [0, 0.1) is 37.3 Å². The fourth-order valence-corrected chi connectivity index (χ4v) is 5.59. The largest absolute Gasteiger partial charge is 3.00 e. The van der Waals surface area contributed by atoms with Crippen molar-refractivity contribution < 1.29 is 37.3 Å². The molecule has 0 atom stereocenters. The predicted molar refractivity (Wildman–Crippen MR) is 156 cm³/mol. The monoisotopic (exact) mass is 680 g/mol. The second-order valence-corrected chi connectivity index (χ2v) is 9.79. The van der Waals surface area contributed by atoms with E-state index < -0.39 is 0 Å². The molecule has 0 amide bonds. The van der Waals surface area contributed by atoms with Crippen LogP contribution in [0.25, 0.3) is 89.7 Å². The van der Waals surface area contributed by atoms with Gasteiger partial charge >= 0.3 is 37.3 Å².